The first-order valence-electron chi connectivity index (χ1n) is 5.89. The van der Waals surface area contributed by atoms with Crippen molar-refractivity contribution in [3.63, 3.8) is 0 Å². The molecule has 19 heavy (non-hydrogen) atoms. The van der Waals surface area contributed by atoms with E-state index in [2.05, 4.69) is 5.32 Å². The standard InChI is InChI=1S/C12H16N2O5/c1-2-9(15)5-6-13-10-4-3-8(12(16)17)7-11(10)14(18)19/h3-4,7,9,13,15H,2,5-6H2,1H3,(H,16,17). The molecular formula is C12H16N2O5. The molecule has 3 N–H and O–H groups in total. The number of aliphatic hydroxyl groups excluding tert-OH is 1. The number of aliphatic hydroxyl groups is 1. The topological polar surface area (TPSA) is 113 Å². The Morgan fingerprint density at radius 1 is 1.53 bits per heavy atom. The largest absolute Gasteiger partial charge is 0.478 e. The van der Waals surface area contributed by atoms with E-state index in [4.69, 9.17) is 5.11 Å². The molecule has 0 spiro atoms. The van der Waals surface area contributed by atoms with E-state index in [0.717, 1.165) is 6.07 Å². The zero-order valence-corrected chi connectivity index (χ0v) is 10.5. The van der Waals surface area contributed by atoms with Gasteiger partial charge in [0.15, 0.2) is 0 Å². The van der Waals surface area contributed by atoms with Gasteiger partial charge in [0.05, 0.1) is 16.6 Å². The Hall–Kier alpha value is -2.15. The Balaban J connectivity index is 2.82. The second-order valence-corrected chi connectivity index (χ2v) is 4.07. The van der Waals surface area contributed by atoms with Gasteiger partial charge < -0.3 is 15.5 Å². The first kappa shape index (κ1) is 14.9. The van der Waals surface area contributed by atoms with Crippen LogP contribution in [0.3, 0.4) is 0 Å². The van der Waals surface area contributed by atoms with Gasteiger partial charge in [0.25, 0.3) is 5.69 Å². The zero-order valence-electron chi connectivity index (χ0n) is 10.5. The number of nitrogens with one attached hydrogen (secondary N) is 1. The molecule has 1 aromatic carbocycles. The van der Waals surface area contributed by atoms with Gasteiger partial charge in [0, 0.05) is 12.6 Å². The van der Waals surface area contributed by atoms with E-state index in [1.54, 1.807) is 0 Å². The highest BCUT2D eigenvalue weighted by atomic mass is 16.6. The van der Waals surface area contributed by atoms with Crippen LogP contribution in [0.4, 0.5) is 11.4 Å². The van der Waals surface area contributed by atoms with E-state index in [0.29, 0.717) is 19.4 Å². The Morgan fingerprint density at radius 2 is 2.21 bits per heavy atom. The number of carboxylic acid groups (broad SMARTS) is 1. The molecular weight excluding hydrogens is 252 g/mol. The summed E-state index contributed by atoms with van der Waals surface area (Å²) < 4.78 is 0. The molecule has 0 saturated carbocycles. The minimum atomic E-state index is -1.21. The van der Waals surface area contributed by atoms with Crippen LogP contribution in [0, 0.1) is 10.1 Å². The summed E-state index contributed by atoms with van der Waals surface area (Å²) in [7, 11) is 0. The molecule has 1 rings (SSSR count). The number of carbonyl (C=O) groups is 1. The molecule has 0 aliphatic carbocycles. The van der Waals surface area contributed by atoms with Crippen molar-refractivity contribution in [2.24, 2.45) is 0 Å². The molecule has 0 heterocycles. The van der Waals surface area contributed by atoms with E-state index in [-0.39, 0.29) is 16.9 Å². The summed E-state index contributed by atoms with van der Waals surface area (Å²) in [6.45, 7) is 2.22. The van der Waals surface area contributed by atoms with Crippen molar-refractivity contribution in [1.82, 2.24) is 0 Å². The van der Waals surface area contributed by atoms with Gasteiger partial charge in [0.2, 0.25) is 0 Å². The Morgan fingerprint density at radius 3 is 2.74 bits per heavy atom. The summed E-state index contributed by atoms with van der Waals surface area (Å²) in [5, 5.41) is 31.9. The monoisotopic (exact) mass is 268 g/mol. The van der Waals surface area contributed by atoms with Crippen LogP contribution < -0.4 is 5.32 Å². The average molecular weight is 268 g/mol. The molecule has 0 aliphatic heterocycles. The van der Waals surface area contributed by atoms with Gasteiger partial charge in [-0.3, -0.25) is 10.1 Å². The Kier molecular flexibility index (Phi) is 5.25. The number of hydrogen-bond acceptors (Lipinski definition) is 5. The number of aromatic carboxylic acids is 1. The van der Waals surface area contributed by atoms with Gasteiger partial charge in [-0.25, -0.2) is 4.79 Å². The summed E-state index contributed by atoms with van der Waals surface area (Å²) in [6, 6.07) is 3.68. The predicted molar refractivity (Wildman–Crippen MR) is 69.5 cm³/mol. The van der Waals surface area contributed by atoms with Crippen LogP contribution in [0.25, 0.3) is 0 Å². The first-order chi connectivity index (χ1) is 8.95. The van der Waals surface area contributed by atoms with Crippen molar-refractivity contribution in [3.05, 3.63) is 33.9 Å². The molecule has 0 saturated heterocycles. The maximum absolute atomic E-state index is 10.9. The molecule has 7 nitrogen and oxygen atoms in total. The Labute approximate surface area is 110 Å². The number of nitro groups is 1. The average Bonchev–Trinajstić information content (AvgIpc) is 2.38. The number of carboxylic acids is 1. The number of nitro benzene ring substituents is 1. The van der Waals surface area contributed by atoms with Gasteiger partial charge in [-0.2, -0.15) is 0 Å². The number of hydrogen-bond donors (Lipinski definition) is 3. The number of benzene rings is 1. The smallest absolute Gasteiger partial charge is 0.335 e. The molecule has 0 amide bonds. The van der Waals surface area contributed by atoms with Gasteiger partial charge in [0.1, 0.15) is 5.69 Å². The minimum Gasteiger partial charge on any atom is -0.478 e. The molecule has 0 aliphatic rings. The Bertz CT molecular complexity index is 475. The van der Waals surface area contributed by atoms with E-state index in [1.807, 2.05) is 6.92 Å². The summed E-state index contributed by atoms with van der Waals surface area (Å²) in [5.74, 6) is -1.21. The molecule has 0 fully saturated rings. The third-order valence-corrected chi connectivity index (χ3v) is 2.71. The van der Waals surface area contributed by atoms with E-state index in [9.17, 15) is 20.0 Å². The summed E-state index contributed by atoms with van der Waals surface area (Å²) >= 11 is 0. The maximum atomic E-state index is 10.9. The van der Waals surface area contributed by atoms with Gasteiger partial charge in [-0.05, 0) is 25.0 Å². The van der Waals surface area contributed by atoms with Crippen molar-refractivity contribution in [2.75, 3.05) is 11.9 Å². The highest BCUT2D eigenvalue weighted by molar-refractivity contribution is 5.89. The van der Waals surface area contributed by atoms with Crippen molar-refractivity contribution in [3.8, 4) is 0 Å². The van der Waals surface area contributed by atoms with E-state index in [1.165, 1.54) is 12.1 Å². The van der Waals surface area contributed by atoms with Crippen LogP contribution in [0.2, 0.25) is 0 Å². The molecule has 1 unspecified atom stereocenters. The fourth-order valence-corrected chi connectivity index (χ4v) is 1.54. The fraction of sp³-hybridized carbons (Fsp3) is 0.417. The second-order valence-electron chi connectivity index (χ2n) is 4.07. The highest BCUT2D eigenvalue weighted by Gasteiger charge is 2.17. The van der Waals surface area contributed by atoms with E-state index < -0.39 is 17.0 Å². The van der Waals surface area contributed by atoms with Crippen molar-refractivity contribution in [1.29, 1.82) is 0 Å². The third-order valence-electron chi connectivity index (χ3n) is 2.71. The van der Waals surface area contributed by atoms with Crippen molar-refractivity contribution >= 4 is 17.3 Å². The lowest BCUT2D eigenvalue weighted by atomic mass is 10.1. The quantitative estimate of drug-likeness (QED) is 0.514. The first-order valence-corrected chi connectivity index (χ1v) is 5.89. The lowest BCUT2D eigenvalue weighted by Gasteiger charge is -2.10. The normalized spacial score (nSPS) is 11.9. The van der Waals surface area contributed by atoms with Crippen LogP contribution >= 0.6 is 0 Å². The van der Waals surface area contributed by atoms with Crippen LogP contribution in [0.5, 0.6) is 0 Å². The molecule has 7 heteroatoms. The van der Waals surface area contributed by atoms with Gasteiger partial charge >= 0.3 is 5.97 Å². The molecule has 104 valence electrons. The molecule has 0 bridgehead atoms. The van der Waals surface area contributed by atoms with Crippen LogP contribution in [0.15, 0.2) is 18.2 Å². The number of anilines is 1. The van der Waals surface area contributed by atoms with Crippen LogP contribution in [-0.2, 0) is 0 Å². The SMILES string of the molecule is CCC(O)CCNc1ccc(C(=O)O)cc1[N+](=O)[O-]. The van der Waals surface area contributed by atoms with Crippen molar-refractivity contribution < 1.29 is 19.9 Å². The summed E-state index contributed by atoms with van der Waals surface area (Å²) in [5.41, 5.74) is -0.171. The summed E-state index contributed by atoms with van der Waals surface area (Å²) in [6.07, 6.45) is 0.626. The predicted octanol–water partition coefficient (Wildman–Crippen LogP) is 1.87. The molecule has 0 aromatic heterocycles. The van der Waals surface area contributed by atoms with E-state index >= 15 is 0 Å². The van der Waals surface area contributed by atoms with Crippen molar-refractivity contribution in [2.45, 2.75) is 25.9 Å². The molecule has 0 radical (unpaired) electrons. The lowest BCUT2D eigenvalue weighted by Crippen LogP contribution is -2.13. The minimum absolute atomic E-state index is 0.133. The maximum Gasteiger partial charge on any atom is 0.335 e. The fourth-order valence-electron chi connectivity index (χ4n) is 1.54. The molecule has 1 atom stereocenters. The van der Waals surface area contributed by atoms with Crippen LogP contribution in [-0.4, -0.2) is 33.8 Å². The summed E-state index contributed by atoms with van der Waals surface area (Å²) in [4.78, 5) is 21.0. The highest BCUT2D eigenvalue weighted by Crippen LogP contribution is 2.25. The second kappa shape index (κ2) is 6.69. The molecule has 1 aromatic rings. The third kappa shape index (κ3) is 4.22. The van der Waals surface area contributed by atoms with Gasteiger partial charge in [-0.1, -0.05) is 6.92 Å². The van der Waals surface area contributed by atoms with Gasteiger partial charge in [-0.15, -0.1) is 0 Å². The lowest BCUT2D eigenvalue weighted by molar-refractivity contribution is -0.384. The van der Waals surface area contributed by atoms with Crippen LogP contribution in [0.1, 0.15) is 30.1 Å². The number of nitrogens with zero attached hydrogens (tertiary/aromatic N) is 1. The number of rotatable bonds is 7. The zero-order chi connectivity index (χ0) is 14.4.